The molecule has 0 fully saturated rings. The van der Waals surface area contributed by atoms with E-state index in [-0.39, 0.29) is 5.91 Å². The quantitative estimate of drug-likeness (QED) is 0.527. The number of amides is 1. The molecule has 0 atom stereocenters. The van der Waals surface area contributed by atoms with Gasteiger partial charge in [-0.1, -0.05) is 54.8 Å². The molecule has 27 heavy (non-hydrogen) atoms. The number of aromatic nitrogens is 1. The summed E-state index contributed by atoms with van der Waals surface area (Å²) in [6.45, 7) is 7.00. The second-order valence-electron chi connectivity index (χ2n) is 6.44. The minimum absolute atomic E-state index is 0.204. The van der Waals surface area contributed by atoms with E-state index in [1.54, 1.807) is 11.3 Å². The minimum Gasteiger partial charge on any atom is -0.316 e. The Morgan fingerprint density at radius 1 is 1.07 bits per heavy atom. The number of nitrogens with zero attached hydrogens (tertiary/aromatic N) is 2. The zero-order chi connectivity index (χ0) is 19.4. The highest BCUT2D eigenvalue weighted by Crippen LogP contribution is 2.28. The van der Waals surface area contributed by atoms with E-state index in [9.17, 15) is 4.79 Å². The Morgan fingerprint density at radius 3 is 2.33 bits per heavy atom. The Balaban J connectivity index is 2.13. The molecule has 0 aliphatic carbocycles. The number of hydrogen-bond acceptors (Lipinski definition) is 2. The lowest BCUT2D eigenvalue weighted by molar-refractivity contribution is 0.0998. The van der Waals surface area contributed by atoms with Crippen molar-refractivity contribution in [3.8, 4) is 11.3 Å². The first kappa shape index (κ1) is 19.6. The van der Waals surface area contributed by atoms with Gasteiger partial charge in [-0.25, -0.2) is 0 Å². The van der Waals surface area contributed by atoms with Gasteiger partial charge in [-0.3, -0.25) is 4.79 Å². The fourth-order valence-corrected chi connectivity index (χ4v) is 4.44. The monoisotopic (exact) mass is 398 g/mol. The SMILES string of the molecule is CCCc1sc(=NC(=O)c2ccc(C)cc2)n(CC)c1-c1ccc(Cl)cc1. The lowest BCUT2D eigenvalue weighted by Crippen LogP contribution is -2.17. The van der Waals surface area contributed by atoms with Crippen LogP contribution in [0.4, 0.5) is 0 Å². The summed E-state index contributed by atoms with van der Waals surface area (Å²) in [7, 11) is 0. The van der Waals surface area contributed by atoms with Crippen molar-refractivity contribution < 1.29 is 4.79 Å². The van der Waals surface area contributed by atoms with Crippen LogP contribution in [0.15, 0.2) is 53.5 Å². The van der Waals surface area contributed by atoms with Crippen molar-refractivity contribution in [2.24, 2.45) is 4.99 Å². The Labute approximate surface area is 169 Å². The first-order valence-corrected chi connectivity index (χ1v) is 10.4. The van der Waals surface area contributed by atoms with E-state index in [0.29, 0.717) is 10.6 Å². The molecule has 1 amide bonds. The highest BCUT2D eigenvalue weighted by Gasteiger charge is 2.15. The summed E-state index contributed by atoms with van der Waals surface area (Å²) in [4.78, 5) is 19.1. The van der Waals surface area contributed by atoms with Gasteiger partial charge >= 0.3 is 0 Å². The zero-order valence-corrected chi connectivity index (χ0v) is 17.4. The van der Waals surface area contributed by atoms with Crippen LogP contribution in [0, 0.1) is 6.92 Å². The minimum atomic E-state index is -0.204. The number of rotatable bonds is 5. The molecule has 140 valence electrons. The van der Waals surface area contributed by atoms with Gasteiger partial charge in [0.1, 0.15) is 0 Å². The smallest absolute Gasteiger partial charge is 0.279 e. The summed E-state index contributed by atoms with van der Waals surface area (Å²) in [5.41, 5.74) is 3.98. The predicted molar refractivity (Wildman–Crippen MR) is 113 cm³/mol. The number of halogens is 1. The van der Waals surface area contributed by atoms with Crippen molar-refractivity contribution in [2.45, 2.75) is 40.2 Å². The van der Waals surface area contributed by atoms with Crippen LogP contribution in [0.25, 0.3) is 11.3 Å². The standard InChI is InChI=1S/C22H23ClN2OS/c1-4-6-19-20(16-11-13-18(23)14-12-16)25(5-2)22(27-19)24-21(26)17-9-7-15(3)8-10-17/h7-14H,4-6H2,1-3H3. The van der Waals surface area contributed by atoms with Gasteiger partial charge in [-0.15, -0.1) is 11.3 Å². The molecule has 1 heterocycles. The summed E-state index contributed by atoms with van der Waals surface area (Å²) in [6, 6.07) is 15.4. The maximum Gasteiger partial charge on any atom is 0.279 e. The van der Waals surface area contributed by atoms with Crippen molar-refractivity contribution in [2.75, 3.05) is 0 Å². The molecule has 5 heteroatoms. The van der Waals surface area contributed by atoms with Crippen molar-refractivity contribution in [3.05, 3.63) is 74.4 Å². The topological polar surface area (TPSA) is 34.4 Å². The van der Waals surface area contributed by atoms with E-state index in [1.165, 1.54) is 4.88 Å². The predicted octanol–water partition coefficient (Wildman–Crippen LogP) is 5.89. The maximum atomic E-state index is 12.7. The van der Waals surface area contributed by atoms with Gasteiger partial charge in [-0.05, 0) is 50.1 Å². The van der Waals surface area contributed by atoms with Gasteiger partial charge in [0.25, 0.3) is 5.91 Å². The lowest BCUT2D eigenvalue weighted by atomic mass is 10.1. The Kier molecular flexibility index (Phi) is 6.30. The molecule has 1 aromatic heterocycles. The van der Waals surface area contributed by atoms with Gasteiger partial charge in [0.05, 0.1) is 5.69 Å². The van der Waals surface area contributed by atoms with Crippen molar-refractivity contribution in [1.82, 2.24) is 4.57 Å². The van der Waals surface area contributed by atoms with Gasteiger partial charge < -0.3 is 4.57 Å². The first-order chi connectivity index (χ1) is 13.0. The number of aryl methyl sites for hydroxylation is 2. The Morgan fingerprint density at radius 2 is 1.74 bits per heavy atom. The van der Waals surface area contributed by atoms with Gasteiger partial charge in [-0.2, -0.15) is 4.99 Å². The van der Waals surface area contributed by atoms with Crippen LogP contribution < -0.4 is 4.80 Å². The molecule has 3 nitrogen and oxygen atoms in total. The third-order valence-corrected chi connectivity index (χ3v) is 5.78. The highest BCUT2D eigenvalue weighted by atomic mass is 35.5. The zero-order valence-electron chi connectivity index (χ0n) is 15.8. The number of carbonyl (C=O) groups is 1. The molecule has 0 saturated heterocycles. The second-order valence-corrected chi connectivity index (χ2v) is 7.94. The Bertz CT molecular complexity index is 998. The molecule has 0 radical (unpaired) electrons. The van der Waals surface area contributed by atoms with E-state index >= 15 is 0 Å². The van der Waals surface area contributed by atoms with Crippen LogP contribution in [0.3, 0.4) is 0 Å². The summed E-state index contributed by atoms with van der Waals surface area (Å²) in [6.07, 6.45) is 1.99. The number of carbonyl (C=O) groups excluding carboxylic acids is 1. The molecule has 0 spiro atoms. The molecule has 0 saturated carbocycles. The molecule has 2 aromatic carbocycles. The van der Waals surface area contributed by atoms with Crippen LogP contribution in [-0.2, 0) is 13.0 Å². The van der Waals surface area contributed by atoms with E-state index in [0.717, 1.165) is 41.0 Å². The Hall–Kier alpha value is -2.17. The summed E-state index contributed by atoms with van der Waals surface area (Å²) >= 11 is 7.66. The van der Waals surface area contributed by atoms with E-state index in [4.69, 9.17) is 11.6 Å². The largest absolute Gasteiger partial charge is 0.316 e. The van der Waals surface area contributed by atoms with Crippen LogP contribution in [-0.4, -0.2) is 10.5 Å². The molecule has 0 bridgehead atoms. The van der Waals surface area contributed by atoms with Crippen LogP contribution in [0.5, 0.6) is 0 Å². The highest BCUT2D eigenvalue weighted by molar-refractivity contribution is 7.09. The number of thiazole rings is 1. The van der Waals surface area contributed by atoms with Gasteiger partial charge in [0.15, 0.2) is 4.80 Å². The number of benzene rings is 2. The van der Waals surface area contributed by atoms with Crippen LogP contribution in [0.1, 0.15) is 41.1 Å². The summed E-state index contributed by atoms with van der Waals surface area (Å²) in [5, 5.41) is 0.716. The average Bonchev–Trinajstić information content (AvgIpc) is 3.00. The first-order valence-electron chi connectivity index (χ1n) is 9.17. The maximum absolute atomic E-state index is 12.7. The van der Waals surface area contributed by atoms with E-state index in [2.05, 4.69) is 23.4 Å². The normalized spacial score (nSPS) is 11.8. The lowest BCUT2D eigenvalue weighted by Gasteiger charge is -2.09. The van der Waals surface area contributed by atoms with Crippen molar-refractivity contribution >= 4 is 28.8 Å². The molecule has 0 aliphatic heterocycles. The number of hydrogen-bond donors (Lipinski definition) is 0. The second kappa shape index (κ2) is 8.68. The molecule has 0 aliphatic rings. The molecule has 3 rings (SSSR count). The fourth-order valence-electron chi connectivity index (χ4n) is 3.00. The third kappa shape index (κ3) is 4.40. The molecule has 0 N–H and O–H groups in total. The molecular formula is C22H23ClN2OS. The average molecular weight is 399 g/mol. The van der Waals surface area contributed by atoms with E-state index < -0.39 is 0 Å². The van der Waals surface area contributed by atoms with Crippen LogP contribution >= 0.6 is 22.9 Å². The summed E-state index contributed by atoms with van der Waals surface area (Å²) < 4.78 is 2.13. The fraction of sp³-hybridized carbons (Fsp3) is 0.273. The summed E-state index contributed by atoms with van der Waals surface area (Å²) in [5.74, 6) is -0.204. The molecule has 3 aromatic rings. The van der Waals surface area contributed by atoms with E-state index in [1.807, 2.05) is 55.5 Å². The third-order valence-electron chi connectivity index (χ3n) is 4.39. The van der Waals surface area contributed by atoms with Crippen LogP contribution in [0.2, 0.25) is 5.02 Å². The van der Waals surface area contributed by atoms with Crippen molar-refractivity contribution in [1.29, 1.82) is 0 Å². The molecule has 0 unspecified atom stereocenters. The van der Waals surface area contributed by atoms with Gasteiger partial charge in [0.2, 0.25) is 0 Å². The van der Waals surface area contributed by atoms with Crippen molar-refractivity contribution in [3.63, 3.8) is 0 Å². The molecular weight excluding hydrogens is 376 g/mol. The van der Waals surface area contributed by atoms with Gasteiger partial charge in [0, 0.05) is 22.0 Å².